The van der Waals surface area contributed by atoms with E-state index in [9.17, 15) is 9.59 Å². The van der Waals surface area contributed by atoms with Crippen LogP contribution in [0.25, 0.3) is 0 Å². The first-order chi connectivity index (χ1) is 9.66. The van der Waals surface area contributed by atoms with Crippen LogP contribution in [0.2, 0.25) is 0 Å². The van der Waals surface area contributed by atoms with Crippen molar-refractivity contribution in [1.82, 2.24) is 0 Å². The summed E-state index contributed by atoms with van der Waals surface area (Å²) in [7, 11) is 0. The van der Waals surface area contributed by atoms with Crippen LogP contribution in [0, 0.1) is 6.92 Å². The number of hydrogen-bond acceptors (Lipinski definition) is 4. The molecule has 0 heterocycles. The minimum Gasteiger partial charge on any atom is -0.422 e. The standard InChI is InChI=1S/C16H13O4/c1-12(19-15(17)13-8-4-2-5-9-13)20-16(18)14-10-6-3-7-11-14/h2-12H,1H2. The zero-order valence-electron chi connectivity index (χ0n) is 10.7. The quantitative estimate of drug-likeness (QED) is 0.632. The molecular formula is C16H13O4. The van der Waals surface area contributed by atoms with E-state index in [1.54, 1.807) is 60.7 Å². The number of benzene rings is 2. The summed E-state index contributed by atoms with van der Waals surface area (Å²) in [4.78, 5) is 23.4. The lowest BCUT2D eigenvalue weighted by Gasteiger charge is -2.13. The Hall–Kier alpha value is -2.62. The van der Waals surface area contributed by atoms with E-state index >= 15 is 0 Å². The summed E-state index contributed by atoms with van der Waals surface area (Å²) in [6.07, 6.45) is -1.20. The largest absolute Gasteiger partial charge is 0.422 e. The average Bonchev–Trinajstić information content (AvgIpc) is 2.49. The van der Waals surface area contributed by atoms with Gasteiger partial charge in [-0.3, -0.25) is 0 Å². The van der Waals surface area contributed by atoms with E-state index in [2.05, 4.69) is 6.92 Å². The highest BCUT2D eigenvalue weighted by molar-refractivity contribution is 5.91. The molecule has 0 aliphatic carbocycles. The van der Waals surface area contributed by atoms with Crippen LogP contribution in [0.5, 0.6) is 0 Å². The molecule has 0 saturated carbocycles. The number of hydrogen-bond donors (Lipinski definition) is 0. The van der Waals surface area contributed by atoms with Gasteiger partial charge in [0.15, 0.2) is 0 Å². The maximum atomic E-state index is 11.7. The van der Waals surface area contributed by atoms with Gasteiger partial charge in [-0.2, -0.15) is 0 Å². The zero-order chi connectivity index (χ0) is 14.4. The third-order valence-corrected chi connectivity index (χ3v) is 2.50. The van der Waals surface area contributed by atoms with Crippen molar-refractivity contribution in [3.8, 4) is 0 Å². The maximum Gasteiger partial charge on any atom is 0.341 e. The Morgan fingerprint density at radius 3 is 1.45 bits per heavy atom. The summed E-state index contributed by atoms with van der Waals surface area (Å²) in [5.74, 6) is -1.18. The third-order valence-electron chi connectivity index (χ3n) is 2.50. The molecule has 101 valence electrons. The predicted octanol–water partition coefficient (Wildman–Crippen LogP) is 2.86. The molecule has 0 N–H and O–H groups in total. The highest BCUT2D eigenvalue weighted by Crippen LogP contribution is 2.07. The Morgan fingerprint density at radius 1 is 0.750 bits per heavy atom. The summed E-state index contributed by atoms with van der Waals surface area (Å²) in [6, 6.07) is 16.8. The molecule has 2 aromatic rings. The van der Waals surface area contributed by atoms with Gasteiger partial charge in [0.05, 0.1) is 11.1 Å². The molecule has 0 aromatic heterocycles. The molecule has 0 spiro atoms. The molecular weight excluding hydrogens is 256 g/mol. The van der Waals surface area contributed by atoms with E-state index in [-0.39, 0.29) is 0 Å². The normalized spacial score (nSPS) is 10.1. The van der Waals surface area contributed by atoms with Gasteiger partial charge in [0.25, 0.3) is 0 Å². The molecule has 4 nitrogen and oxygen atoms in total. The van der Waals surface area contributed by atoms with Crippen molar-refractivity contribution in [3.05, 3.63) is 78.7 Å². The van der Waals surface area contributed by atoms with Crippen LogP contribution in [-0.2, 0) is 9.47 Å². The van der Waals surface area contributed by atoms with Gasteiger partial charge in [-0.25, -0.2) is 9.59 Å². The van der Waals surface area contributed by atoms with E-state index < -0.39 is 18.2 Å². The SMILES string of the molecule is [CH2]C(OC(=O)c1ccccc1)OC(=O)c1ccccc1. The maximum absolute atomic E-state index is 11.7. The van der Waals surface area contributed by atoms with Crippen LogP contribution < -0.4 is 0 Å². The molecule has 20 heavy (non-hydrogen) atoms. The first-order valence-electron chi connectivity index (χ1n) is 6.02. The van der Waals surface area contributed by atoms with E-state index in [1.165, 1.54) is 0 Å². The molecule has 2 aromatic carbocycles. The first-order valence-corrected chi connectivity index (χ1v) is 6.02. The van der Waals surface area contributed by atoms with Crippen molar-refractivity contribution in [2.75, 3.05) is 0 Å². The van der Waals surface area contributed by atoms with Crippen molar-refractivity contribution in [3.63, 3.8) is 0 Å². The molecule has 0 bridgehead atoms. The molecule has 0 saturated heterocycles. The molecule has 0 atom stereocenters. The van der Waals surface area contributed by atoms with Gasteiger partial charge in [-0.1, -0.05) is 36.4 Å². The Kier molecular flexibility index (Phi) is 4.50. The highest BCUT2D eigenvalue weighted by atomic mass is 16.7. The van der Waals surface area contributed by atoms with Crippen LogP contribution in [-0.4, -0.2) is 18.2 Å². The van der Waals surface area contributed by atoms with Gasteiger partial charge in [-0.15, -0.1) is 0 Å². The number of carbonyl (C=O) groups is 2. The predicted molar refractivity (Wildman–Crippen MR) is 72.9 cm³/mol. The van der Waals surface area contributed by atoms with Gasteiger partial charge in [0, 0.05) is 6.92 Å². The monoisotopic (exact) mass is 269 g/mol. The molecule has 0 fully saturated rings. The Morgan fingerprint density at radius 2 is 1.10 bits per heavy atom. The lowest BCUT2D eigenvalue weighted by molar-refractivity contribution is -0.0558. The molecule has 0 aliphatic rings. The zero-order valence-corrected chi connectivity index (χ0v) is 10.7. The number of ether oxygens (including phenoxy) is 2. The van der Waals surface area contributed by atoms with Crippen molar-refractivity contribution >= 4 is 11.9 Å². The molecule has 0 amide bonds. The third kappa shape index (κ3) is 3.68. The molecule has 0 aliphatic heterocycles. The Bertz CT molecular complexity index is 524. The van der Waals surface area contributed by atoms with Crippen LogP contribution >= 0.6 is 0 Å². The molecule has 2 rings (SSSR count). The number of carbonyl (C=O) groups excluding carboxylic acids is 2. The second kappa shape index (κ2) is 6.52. The fraction of sp³-hybridized carbons (Fsp3) is 0.0625. The smallest absolute Gasteiger partial charge is 0.341 e. The topological polar surface area (TPSA) is 52.6 Å². The van der Waals surface area contributed by atoms with Gasteiger partial charge in [0.2, 0.25) is 6.29 Å². The summed E-state index contributed by atoms with van der Waals surface area (Å²) in [5.41, 5.74) is 0.744. The van der Waals surface area contributed by atoms with Crippen LogP contribution in [0.3, 0.4) is 0 Å². The van der Waals surface area contributed by atoms with Crippen molar-refractivity contribution < 1.29 is 19.1 Å². The average molecular weight is 269 g/mol. The summed E-state index contributed by atoms with van der Waals surface area (Å²) in [6.45, 7) is 3.48. The number of esters is 2. The summed E-state index contributed by atoms with van der Waals surface area (Å²) >= 11 is 0. The minimum absolute atomic E-state index is 0.372. The Balaban J connectivity index is 1.91. The van der Waals surface area contributed by atoms with Crippen LogP contribution in [0.1, 0.15) is 20.7 Å². The van der Waals surface area contributed by atoms with E-state index in [4.69, 9.17) is 9.47 Å². The molecule has 4 heteroatoms. The second-order valence-corrected chi connectivity index (χ2v) is 3.97. The lowest BCUT2D eigenvalue weighted by atomic mass is 10.2. The van der Waals surface area contributed by atoms with Gasteiger partial charge in [0.1, 0.15) is 0 Å². The lowest BCUT2D eigenvalue weighted by Crippen LogP contribution is -2.22. The second-order valence-electron chi connectivity index (χ2n) is 3.97. The van der Waals surface area contributed by atoms with Crippen molar-refractivity contribution in [2.24, 2.45) is 0 Å². The van der Waals surface area contributed by atoms with E-state index in [1.807, 2.05) is 0 Å². The van der Waals surface area contributed by atoms with Crippen molar-refractivity contribution in [2.45, 2.75) is 6.29 Å². The summed E-state index contributed by atoms with van der Waals surface area (Å²) in [5, 5.41) is 0. The molecule has 1 radical (unpaired) electrons. The highest BCUT2D eigenvalue weighted by Gasteiger charge is 2.16. The van der Waals surface area contributed by atoms with Crippen LogP contribution in [0.4, 0.5) is 0 Å². The van der Waals surface area contributed by atoms with E-state index in [0.717, 1.165) is 0 Å². The Labute approximate surface area is 116 Å². The van der Waals surface area contributed by atoms with E-state index in [0.29, 0.717) is 11.1 Å². The van der Waals surface area contributed by atoms with Gasteiger partial charge in [-0.05, 0) is 24.3 Å². The molecule has 0 unspecified atom stereocenters. The van der Waals surface area contributed by atoms with Gasteiger partial charge < -0.3 is 9.47 Å². The van der Waals surface area contributed by atoms with Gasteiger partial charge >= 0.3 is 11.9 Å². The summed E-state index contributed by atoms with van der Waals surface area (Å²) < 4.78 is 9.87. The fourth-order valence-corrected chi connectivity index (χ4v) is 1.55. The first kappa shape index (κ1) is 13.8. The van der Waals surface area contributed by atoms with Crippen LogP contribution in [0.15, 0.2) is 60.7 Å². The van der Waals surface area contributed by atoms with Crippen molar-refractivity contribution in [1.29, 1.82) is 0 Å². The minimum atomic E-state index is -1.20. The fourth-order valence-electron chi connectivity index (χ4n) is 1.55. The number of rotatable bonds is 4.